The number of nitrogens with two attached hydrogens (primary N) is 1. The van der Waals surface area contributed by atoms with Crippen molar-refractivity contribution in [2.75, 3.05) is 0 Å². The fourth-order valence-electron chi connectivity index (χ4n) is 1.31. The van der Waals surface area contributed by atoms with Gasteiger partial charge >= 0.3 is 0 Å². The number of carbonyl (C=O) groups is 1. The third kappa shape index (κ3) is 3.43. The zero-order valence-corrected chi connectivity index (χ0v) is 9.17. The number of hydrogen-bond acceptors (Lipinski definition) is 4. The number of thiazole rings is 1. The first-order chi connectivity index (χ1) is 6.59. The van der Waals surface area contributed by atoms with Crippen LogP contribution in [0.5, 0.6) is 0 Å². The average molecular weight is 213 g/mol. The van der Waals surface area contributed by atoms with Crippen LogP contribution >= 0.6 is 11.3 Å². The van der Waals surface area contributed by atoms with Crippen LogP contribution in [-0.2, 0) is 4.79 Å². The molecule has 0 spiro atoms. The molecule has 3 N–H and O–H groups in total. The molecule has 78 valence electrons. The van der Waals surface area contributed by atoms with Crippen LogP contribution in [0.15, 0.2) is 10.9 Å². The Morgan fingerprint density at radius 3 is 2.93 bits per heavy atom. The Bertz CT molecular complexity index is 286. The Balaban J connectivity index is 2.41. The fraction of sp³-hybridized carbons (Fsp3) is 0.556. The lowest BCUT2D eigenvalue weighted by Crippen LogP contribution is -2.33. The number of primary amides is 1. The van der Waals surface area contributed by atoms with Crippen LogP contribution in [0.2, 0.25) is 0 Å². The molecule has 0 saturated heterocycles. The van der Waals surface area contributed by atoms with E-state index in [4.69, 9.17) is 5.73 Å². The lowest BCUT2D eigenvalue weighted by atomic mass is 10.2. The smallest absolute Gasteiger partial charge is 0.218 e. The van der Waals surface area contributed by atoms with E-state index in [-0.39, 0.29) is 18.0 Å². The van der Waals surface area contributed by atoms with E-state index in [1.807, 2.05) is 19.2 Å². The average Bonchev–Trinajstić information content (AvgIpc) is 2.53. The zero-order valence-electron chi connectivity index (χ0n) is 8.36. The van der Waals surface area contributed by atoms with Crippen molar-refractivity contribution in [1.29, 1.82) is 0 Å². The minimum absolute atomic E-state index is 0.0872. The summed E-state index contributed by atoms with van der Waals surface area (Å²) in [6.07, 6.45) is 0.356. The predicted octanol–water partition coefficient (Wildman–Crippen LogP) is 1.06. The highest BCUT2D eigenvalue weighted by Gasteiger charge is 2.12. The summed E-state index contributed by atoms with van der Waals surface area (Å²) in [4.78, 5) is 14.8. The Morgan fingerprint density at radius 2 is 2.43 bits per heavy atom. The Morgan fingerprint density at radius 1 is 1.71 bits per heavy atom. The van der Waals surface area contributed by atoms with Crippen molar-refractivity contribution < 1.29 is 4.79 Å². The van der Waals surface area contributed by atoms with Crippen molar-refractivity contribution in [2.45, 2.75) is 32.4 Å². The van der Waals surface area contributed by atoms with E-state index in [1.165, 1.54) is 0 Å². The summed E-state index contributed by atoms with van der Waals surface area (Å²) in [5.74, 6) is -0.282. The van der Waals surface area contributed by atoms with Gasteiger partial charge in [0.15, 0.2) is 0 Å². The van der Waals surface area contributed by atoms with Crippen molar-refractivity contribution in [3.63, 3.8) is 0 Å². The van der Waals surface area contributed by atoms with Gasteiger partial charge in [0.1, 0.15) is 0 Å². The Labute approximate surface area is 87.5 Å². The molecule has 0 aliphatic rings. The van der Waals surface area contributed by atoms with Crippen LogP contribution in [0.1, 0.15) is 32.0 Å². The van der Waals surface area contributed by atoms with Gasteiger partial charge in [-0.15, -0.1) is 11.3 Å². The normalized spacial score (nSPS) is 15.0. The van der Waals surface area contributed by atoms with Gasteiger partial charge in [0.2, 0.25) is 5.91 Å². The van der Waals surface area contributed by atoms with E-state index in [9.17, 15) is 4.79 Å². The second kappa shape index (κ2) is 5.07. The summed E-state index contributed by atoms with van der Waals surface area (Å²) in [5, 5.41) is 5.25. The van der Waals surface area contributed by atoms with Gasteiger partial charge in [-0.25, -0.2) is 4.98 Å². The molecule has 1 aromatic rings. The van der Waals surface area contributed by atoms with Crippen molar-refractivity contribution >= 4 is 17.2 Å². The molecular weight excluding hydrogens is 198 g/mol. The molecule has 1 aromatic heterocycles. The van der Waals surface area contributed by atoms with E-state index in [0.29, 0.717) is 6.42 Å². The first-order valence-corrected chi connectivity index (χ1v) is 5.46. The number of amides is 1. The maximum atomic E-state index is 10.6. The van der Waals surface area contributed by atoms with Crippen molar-refractivity contribution in [3.8, 4) is 0 Å². The maximum absolute atomic E-state index is 10.6. The largest absolute Gasteiger partial charge is 0.370 e. The Kier molecular flexibility index (Phi) is 4.03. The van der Waals surface area contributed by atoms with Gasteiger partial charge in [-0.05, 0) is 13.8 Å². The molecule has 2 atom stereocenters. The first-order valence-electron chi connectivity index (χ1n) is 4.52. The number of nitrogens with zero attached hydrogens (tertiary/aromatic N) is 1. The number of rotatable bonds is 5. The molecule has 14 heavy (non-hydrogen) atoms. The Hall–Kier alpha value is -0.940. The summed E-state index contributed by atoms with van der Waals surface area (Å²) in [6, 6.07) is 0.250. The molecule has 0 bridgehead atoms. The third-order valence-electron chi connectivity index (χ3n) is 1.94. The van der Waals surface area contributed by atoms with Gasteiger partial charge in [-0.1, -0.05) is 0 Å². The quantitative estimate of drug-likeness (QED) is 0.768. The molecule has 2 unspecified atom stereocenters. The standard InChI is InChI=1S/C9H15N3OS/c1-6(3-9(10)13)12-7(2)8-4-14-5-11-8/h4-7,12H,3H2,1-2H3,(H2,10,13). The van der Waals surface area contributed by atoms with Gasteiger partial charge < -0.3 is 11.1 Å². The van der Waals surface area contributed by atoms with Gasteiger partial charge in [-0.3, -0.25) is 4.79 Å². The van der Waals surface area contributed by atoms with Crippen LogP contribution in [0, 0.1) is 0 Å². The highest BCUT2D eigenvalue weighted by molar-refractivity contribution is 7.07. The molecule has 4 nitrogen and oxygen atoms in total. The number of carbonyl (C=O) groups excluding carboxylic acids is 1. The summed E-state index contributed by atoms with van der Waals surface area (Å²) < 4.78 is 0. The second-order valence-corrected chi connectivity index (χ2v) is 4.09. The van der Waals surface area contributed by atoms with E-state index in [0.717, 1.165) is 5.69 Å². The molecule has 5 heteroatoms. The van der Waals surface area contributed by atoms with Gasteiger partial charge in [-0.2, -0.15) is 0 Å². The molecule has 0 aliphatic carbocycles. The second-order valence-electron chi connectivity index (χ2n) is 3.37. The highest BCUT2D eigenvalue weighted by Crippen LogP contribution is 2.12. The maximum Gasteiger partial charge on any atom is 0.218 e. The first kappa shape index (κ1) is 11.1. The summed E-state index contributed by atoms with van der Waals surface area (Å²) in [6.45, 7) is 3.96. The topological polar surface area (TPSA) is 68.0 Å². The highest BCUT2D eigenvalue weighted by atomic mass is 32.1. The zero-order chi connectivity index (χ0) is 10.6. The van der Waals surface area contributed by atoms with Crippen molar-refractivity contribution in [1.82, 2.24) is 10.3 Å². The molecule has 1 rings (SSSR count). The van der Waals surface area contributed by atoms with Crippen LogP contribution in [0.4, 0.5) is 0 Å². The lowest BCUT2D eigenvalue weighted by molar-refractivity contribution is -0.118. The molecule has 1 amide bonds. The molecule has 1 heterocycles. The number of hydrogen-bond donors (Lipinski definition) is 2. The van der Waals surface area contributed by atoms with Crippen LogP contribution in [-0.4, -0.2) is 16.9 Å². The SMILES string of the molecule is CC(CC(N)=O)NC(C)c1cscn1. The van der Waals surface area contributed by atoms with Crippen molar-refractivity contribution in [3.05, 3.63) is 16.6 Å². The summed E-state index contributed by atoms with van der Waals surface area (Å²) in [7, 11) is 0. The van der Waals surface area contributed by atoms with E-state index < -0.39 is 0 Å². The van der Waals surface area contributed by atoms with E-state index >= 15 is 0 Å². The van der Waals surface area contributed by atoms with Gasteiger partial charge in [0.05, 0.1) is 11.2 Å². The molecule has 0 radical (unpaired) electrons. The lowest BCUT2D eigenvalue weighted by Gasteiger charge is -2.17. The minimum Gasteiger partial charge on any atom is -0.370 e. The molecule has 0 aromatic carbocycles. The predicted molar refractivity (Wildman–Crippen MR) is 56.9 cm³/mol. The van der Waals surface area contributed by atoms with E-state index in [2.05, 4.69) is 10.3 Å². The summed E-state index contributed by atoms with van der Waals surface area (Å²) in [5.41, 5.74) is 7.90. The fourth-order valence-corrected chi connectivity index (χ4v) is 1.96. The van der Waals surface area contributed by atoms with Crippen LogP contribution in [0.3, 0.4) is 0 Å². The number of aromatic nitrogens is 1. The number of nitrogens with one attached hydrogen (secondary N) is 1. The third-order valence-corrected chi connectivity index (χ3v) is 2.54. The van der Waals surface area contributed by atoms with Crippen LogP contribution < -0.4 is 11.1 Å². The molecule has 0 saturated carbocycles. The minimum atomic E-state index is -0.282. The summed E-state index contributed by atoms with van der Waals surface area (Å²) >= 11 is 1.57. The van der Waals surface area contributed by atoms with Crippen LogP contribution in [0.25, 0.3) is 0 Å². The van der Waals surface area contributed by atoms with Gasteiger partial charge in [0, 0.05) is 23.9 Å². The van der Waals surface area contributed by atoms with Gasteiger partial charge in [0.25, 0.3) is 0 Å². The van der Waals surface area contributed by atoms with Crippen molar-refractivity contribution in [2.24, 2.45) is 5.73 Å². The molecule has 0 aliphatic heterocycles. The molecule has 0 fully saturated rings. The monoisotopic (exact) mass is 213 g/mol. The molecular formula is C9H15N3OS. The van der Waals surface area contributed by atoms with E-state index in [1.54, 1.807) is 16.8 Å².